The molecule has 1 unspecified atom stereocenters. The van der Waals surface area contributed by atoms with Gasteiger partial charge in [-0.2, -0.15) is 37.0 Å². The molecule has 0 spiro atoms. The SMILES string of the molecule is Cc1n[nH]c(C)c1-c1cnn(C2(CC#N)CN(C3(N[C@@H](C)C(F)(F)F)CC(F)=C(c4ccc(N)cc4)C=C3F)C2)c1.O=S(=O)(O)O. The largest absolute Gasteiger partial charge is 0.403 e. The molecule has 0 radical (unpaired) electrons. The Bertz CT molecular complexity index is 1780. The predicted octanol–water partition coefficient (Wildman–Crippen LogP) is 4.62. The molecule has 1 saturated heterocycles. The third kappa shape index (κ3) is 7.13. The van der Waals surface area contributed by atoms with Crippen LogP contribution in [0.4, 0.5) is 27.6 Å². The molecule has 0 saturated carbocycles. The molecule has 248 valence electrons. The van der Waals surface area contributed by atoms with Crippen LogP contribution >= 0.6 is 0 Å². The monoisotopic (exact) mass is 670 g/mol. The van der Waals surface area contributed by atoms with Crippen molar-refractivity contribution in [3.8, 4) is 17.2 Å². The Kier molecular flexibility index (Phi) is 9.48. The highest BCUT2D eigenvalue weighted by atomic mass is 32.3. The summed E-state index contributed by atoms with van der Waals surface area (Å²) in [4.78, 5) is 1.41. The average molecular weight is 671 g/mol. The van der Waals surface area contributed by atoms with Crippen molar-refractivity contribution in [2.75, 3.05) is 18.8 Å². The lowest BCUT2D eigenvalue weighted by atomic mass is 9.80. The maximum Gasteiger partial charge on any atom is 0.403 e. The number of halogens is 5. The zero-order chi connectivity index (χ0) is 34.2. The number of aromatic nitrogens is 4. The van der Waals surface area contributed by atoms with Crippen LogP contribution in [-0.2, 0) is 15.9 Å². The van der Waals surface area contributed by atoms with Gasteiger partial charge in [0, 0.05) is 53.8 Å². The van der Waals surface area contributed by atoms with Crippen molar-refractivity contribution in [2.24, 2.45) is 0 Å². The molecule has 5 rings (SSSR count). The Morgan fingerprint density at radius 3 is 2.30 bits per heavy atom. The summed E-state index contributed by atoms with van der Waals surface area (Å²) < 4.78 is 106. The summed E-state index contributed by atoms with van der Waals surface area (Å²) in [5, 5.41) is 23.6. The first-order valence-corrected chi connectivity index (χ1v) is 15.0. The summed E-state index contributed by atoms with van der Waals surface area (Å²) in [6, 6.07) is 6.08. The topological polar surface area (TPSA) is 186 Å². The molecule has 3 heterocycles. The molecule has 0 bridgehead atoms. The van der Waals surface area contributed by atoms with Crippen molar-refractivity contribution in [2.45, 2.75) is 57.0 Å². The van der Waals surface area contributed by atoms with Crippen molar-refractivity contribution in [1.29, 1.82) is 5.26 Å². The molecule has 46 heavy (non-hydrogen) atoms. The third-order valence-electron chi connectivity index (χ3n) is 7.94. The number of nitriles is 1. The van der Waals surface area contributed by atoms with Gasteiger partial charge in [0.15, 0.2) is 0 Å². The maximum atomic E-state index is 16.1. The number of aromatic amines is 1. The molecule has 2 aromatic heterocycles. The van der Waals surface area contributed by atoms with Gasteiger partial charge in [0.1, 0.15) is 28.9 Å². The molecule has 1 aromatic carbocycles. The lowest BCUT2D eigenvalue weighted by molar-refractivity contribution is -0.170. The predicted molar refractivity (Wildman–Crippen MR) is 157 cm³/mol. The van der Waals surface area contributed by atoms with Crippen LogP contribution in [0.2, 0.25) is 0 Å². The van der Waals surface area contributed by atoms with E-state index in [0.29, 0.717) is 11.3 Å². The molecular weight excluding hydrogens is 639 g/mol. The third-order valence-corrected chi connectivity index (χ3v) is 7.94. The van der Waals surface area contributed by atoms with Gasteiger partial charge in [-0.05, 0) is 44.5 Å². The van der Waals surface area contributed by atoms with Gasteiger partial charge >= 0.3 is 16.6 Å². The van der Waals surface area contributed by atoms with E-state index in [1.165, 1.54) is 29.2 Å². The summed E-state index contributed by atoms with van der Waals surface area (Å²) >= 11 is 0. The van der Waals surface area contributed by atoms with Crippen molar-refractivity contribution >= 4 is 21.7 Å². The molecule has 1 fully saturated rings. The van der Waals surface area contributed by atoms with Crippen LogP contribution in [0.5, 0.6) is 0 Å². The fraction of sp³-hybridized carbons (Fsp3) is 0.393. The summed E-state index contributed by atoms with van der Waals surface area (Å²) in [5.74, 6) is -1.73. The lowest BCUT2D eigenvalue weighted by Gasteiger charge is -2.58. The van der Waals surface area contributed by atoms with Gasteiger partial charge in [0.2, 0.25) is 0 Å². The molecule has 3 aromatic rings. The second kappa shape index (κ2) is 12.6. The van der Waals surface area contributed by atoms with E-state index in [2.05, 4.69) is 26.7 Å². The van der Waals surface area contributed by atoms with E-state index in [9.17, 15) is 18.4 Å². The van der Waals surface area contributed by atoms with Crippen LogP contribution in [0.25, 0.3) is 16.7 Å². The lowest BCUT2D eigenvalue weighted by Crippen LogP contribution is -2.75. The van der Waals surface area contributed by atoms with Crippen molar-refractivity contribution in [1.82, 2.24) is 30.2 Å². The highest BCUT2D eigenvalue weighted by molar-refractivity contribution is 7.79. The number of hydrogen-bond donors (Lipinski definition) is 5. The number of nitrogens with zero attached hydrogens (tertiary/aromatic N) is 5. The molecule has 0 amide bonds. The number of likely N-dealkylation sites (tertiary alicyclic amines) is 1. The molecule has 1 aliphatic carbocycles. The number of H-pyrrole nitrogens is 1. The molecule has 18 heteroatoms. The normalized spacial score (nSPS) is 20.7. The van der Waals surface area contributed by atoms with Crippen molar-refractivity contribution in [3.05, 3.63) is 71.3 Å². The van der Waals surface area contributed by atoms with Gasteiger partial charge < -0.3 is 5.73 Å². The van der Waals surface area contributed by atoms with Crippen LogP contribution in [0.1, 0.15) is 36.7 Å². The first-order chi connectivity index (χ1) is 21.3. The number of benzene rings is 1. The van der Waals surface area contributed by atoms with E-state index >= 15 is 8.78 Å². The van der Waals surface area contributed by atoms with Crippen molar-refractivity contribution in [3.63, 3.8) is 0 Å². The minimum atomic E-state index is -4.71. The number of rotatable bonds is 7. The minimum absolute atomic E-state index is 0.0424. The minimum Gasteiger partial charge on any atom is -0.399 e. The fourth-order valence-corrected chi connectivity index (χ4v) is 5.65. The van der Waals surface area contributed by atoms with Crippen molar-refractivity contribution < 1.29 is 39.5 Å². The first kappa shape index (κ1) is 34.7. The zero-order valence-electron chi connectivity index (χ0n) is 24.8. The Morgan fingerprint density at radius 1 is 1.17 bits per heavy atom. The quantitative estimate of drug-likeness (QED) is 0.135. The highest BCUT2D eigenvalue weighted by Crippen LogP contribution is 2.47. The number of nitrogens with two attached hydrogens (primary N) is 1. The van der Waals surface area contributed by atoms with Gasteiger partial charge in [-0.15, -0.1) is 0 Å². The number of hydrogen-bond acceptors (Lipinski definition) is 8. The summed E-state index contributed by atoms with van der Waals surface area (Å²) in [6.07, 6.45) is -1.15. The number of anilines is 1. The number of allylic oxidation sites excluding steroid dienone is 2. The average Bonchev–Trinajstić information content (AvgIpc) is 3.53. The van der Waals surface area contributed by atoms with E-state index in [1.807, 2.05) is 13.8 Å². The standard InChI is InChI=1S/C28H29F5N8.H2O4S/c1-16-25(17(2)39-38-16)20-12-36-41(13-20)26(8-9-34)14-40(15-26)27(37-18(3)28(31,32)33)11-23(29)22(10-24(27)30)19-4-6-21(35)7-5-19;1-5(2,3)4/h4-7,10,12-13,18,37H,8,11,14-15,35H2,1-3H3,(H,38,39);(H2,1,2,3,4)/t18-,27?;/m0./s1. The van der Waals surface area contributed by atoms with Crippen LogP contribution in [0.15, 0.2) is 54.4 Å². The van der Waals surface area contributed by atoms with Crippen LogP contribution < -0.4 is 11.1 Å². The number of aryl methyl sites for hydroxylation is 2. The summed E-state index contributed by atoms with van der Waals surface area (Å²) in [5.41, 5.74) is 6.50. The Morgan fingerprint density at radius 2 is 1.78 bits per heavy atom. The van der Waals surface area contributed by atoms with E-state index in [0.717, 1.165) is 35.5 Å². The van der Waals surface area contributed by atoms with E-state index in [1.54, 1.807) is 17.1 Å². The van der Waals surface area contributed by atoms with Crippen LogP contribution in [-0.4, -0.2) is 73.4 Å². The number of nitrogen functional groups attached to an aromatic ring is 1. The smallest absolute Gasteiger partial charge is 0.399 e. The molecule has 6 N–H and O–H groups in total. The zero-order valence-corrected chi connectivity index (χ0v) is 25.6. The second-order valence-corrected chi connectivity index (χ2v) is 12.1. The molecule has 12 nitrogen and oxygen atoms in total. The number of alkyl halides is 3. The summed E-state index contributed by atoms with van der Waals surface area (Å²) in [6.45, 7) is 4.47. The first-order valence-electron chi connectivity index (χ1n) is 13.7. The fourth-order valence-electron chi connectivity index (χ4n) is 5.65. The number of nitrogens with one attached hydrogen (secondary N) is 2. The second-order valence-electron chi connectivity index (χ2n) is 11.2. The van der Waals surface area contributed by atoms with E-state index in [-0.39, 0.29) is 25.1 Å². The molecule has 1 aliphatic heterocycles. The van der Waals surface area contributed by atoms with Crippen LogP contribution in [0.3, 0.4) is 0 Å². The van der Waals surface area contributed by atoms with Gasteiger partial charge in [-0.3, -0.25) is 29.1 Å². The van der Waals surface area contributed by atoms with Gasteiger partial charge in [0.05, 0.1) is 24.4 Å². The molecule has 2 atom stereocenters. The van der Waals surface area contributed by atoms with Gasteiger partial charge in [-0.1, -0.05) is 12.1 Å². The van der Waals surface area contributed by atoms with Crippen LogP contribution in [0, 0.1) is 25.2 Å². The maximum absolute atomic E-state index is 16.1. The van der Waals surface area contributed by atoms with E-state index < -0.39 is 51.9 Å². The Balaban J connectivity index is 0.000000892. The Hall–Kier alpha value is -4.15. The molecule has 2 aliphatic rings. The molecular formula is C28H31F5N8O4S. The highest BCUT2D eigenvalue weighted by Gasteiger charge is 2.58. The van der Waals surface area contributed by atoms with E-state index in [4.69, 9.17) is 23.3 Å². The van der Waals surface area contributed by atoms with Gasteiger partial charge in [-0.25, -0.2) is 8.78 Å². The van der Waals surface area contributed by atoms with Gasteiger partial charge in [0.25, 0.3) is 0 Å². The summed E-state index contributed by atoms with van der Waals surface area (Å²) in [7, 11) is -4.67. The Labute approximate surface area is 261 Å².